The van der Waals surface area contributed by atoms with Gasteiger partial charge in [-0.05, 0) is 73.9 Å². The van der Waals surface area contributed by atoms with Gasteiger partial charge in [0.25, 0.3) is 0 Å². The number of aryl methyl sites for hydroxylation is 3. The van der Waals surface area contributed by atoms with Gasteiger partial charge in [-0.1, -0.05) is 59.9 Å². The van der Waals surface area contributed by atoms with Gasteiger partial charge in [0.05, 0.1) is 0 Å². The average Bonchev–Trinajstić information content (AvgIpc) is 3.00. The molecule has 0 bridgehead atoms. The Morgan fingerprint density at radius 3 is 1.52 bits per heavy atom. The largest absolute Gasteiger partial charge is 0.447 e. The summed E-state index contributed by atoms with van der Waals surface area (Å²) in [5.41, 5.74) is 3.73. The second-order valence-corrected chi connectivity index (χ2v) is 12.0. The van der Waals surface area contributed by atoms with E-state index in [1.807, 2.05) is 20.8 Å². The molecule has 46 heavy (non-hydrogen) atoms. The fraction of sp³-hybridized carbons (Fsp3) is 0.344. The molecule has 246 valence electrons. The van der Waals surface area contributed by atoms with Gasteiger partial charge in [-0.25, -0.2) is 14.4 Å². The lowest BCUT2D eigenvalue weighted by Crippen LogP contribution is -2.58. The summed E-state index contributed by atoms with van der Waals surface area (Å²) in [6.07, 6.45) is -6.85. The van der Waals surface area contributed by atoms with Crippen LogP contribution >= 0.6 is 34.8 Å². The quantitative estimate of drug-likeness (QED) is 0.200. The number of halogens is 3. The van der Waals surface area contributed by atoms with Crippen LogP contribution in [0.5, 0.6) is 0 Å². The molecule has 0 aliphatic carbocycles. The van der Waals surface area contributed by atoms with E-state index < -0.39 is 48.8 Å². The Morgan fingerprint density at radius 2 is 1.11 bits per heavy atom. The normalized spacial score (nSPS) is 20.7. The third-order valence-corrected chi connectivity index (χ3v) is 8.58. The van der Waals surface area contributed by atoms with E-state index in [4.69, 9.17) is 58.5 Å². The van der Waals surface area contributed by atoms with E-state index in [0.717, 1.165) is 16.7 Å². The van der Waals surface area contributed by atoms with Crippen molar-refractivity contribution in [2.24, 2.45) is 5.92 Å². The van der Waals surface area contributed by atoms with Crippen molar-refractivity contribution in [1.29, 1.82) is 0 Å². The highest BCUT2D eigenvalue weighted by molar-refractivity contribution is 6.32. The fourth-order valence-corrected chi connectivity index (χ4v) is 5.12. The van der Waals surface area contributed by atoms with Crippen molar-refractivity contribution in [2.45, 2.75) is 52.3 Å². The first kappa shape index (κ1) is 35.1. The zero-order valence-corrected chi connectivity index (χ0v) is 28.0. The van der Waals surface area contributed by atoms with Crippen LogP contribution in [-0.2, 0) is 23.7 Å². The van der Waals surface area contributed by atoms with Gasteiger partial charge >= 0.3 is 18.3 Å². The van der Waals surface area contributed by atoms with Crippen LogP contribution in [0.3, 0.4) is 0 Å². The topological polar surface area (TPSA) is 133 Å². The molecular weight excluding hydrogens is 661 g/mol. The zero-order valence-electron chi connectivity index (χ0n) is 25.7. The highest BCUT2D eigenvalue weighted by atomic mass is 35.5. The number of benzene rings is 3. The van der Waals surface area contributed by atoms with Gasteiger partial charge in [-0.2, -0.15) is 0 Å². The van der Waals surface area contributed by atoms with Crippen molar-refractivity contribution in [1.82, 2.24) is 0 Å². The van der Waals surface area contributed by atoms with Gasteiger partial charge in [0.2, 0.25) is 0 Å². The van der Waals surface area contributed by atoms with E-state index in [1.165, 1.54) is 7.11 Å². The number of ether oxygens (including phenoxy) is 5. The number of hydrogen-bond acceptors (Lipinski definition) is 8. The fourth-order valence-electron chi connectivity index (χ4n) is 4.58. The van der Waals surface area contributed by atoms with Gasteiger partial charge in [0.1, 0.15) is 12.7 Å². The Kier molecular flexibility index (Phi) is 12.0. The van der Waals surface area contributed by atoms with Crippen molar-refractivity contribution in [3.05, 3.63) is 86.4 Å². The molecule has 11 nitrogen and oxygen atoms in total. The highest BCUT2D eigenvalue weighted by Crippen LogP contribution is 2.32. The van der Waals surface area contributed by atoms with Crippen LogP contribution in [0.1, 0.15) is 23.6 Å². The first-order chi connectivity index (χ1) is 21.8. The van der Waals surface area contributed by atoms with Crippen molar-refractivity contribution in [2.75, 3.05) is 29.7 Å². The molecule has 4 rings (SSSR count). The van der Waals surface area contributed by atoms with E-state index in [-0.39, 0.29) is 6.61 Å². The molecule has 1 saturated heterocycles. The van der Waals surface area contributed by atoms with Gasteiger partial charge in [-0.3, -0.25) is 16.0 Å². The summed E-state index contributed by atoms with van der Waals surface area (Å²) < 4.78 is 28.5. The van der Waals surface area contributed by atoms with E-state index in [1.54, 1.807) is 61.5 Å². The van der Waals surface area contributed by atoms with Crippen molar-refractivity contribution >= 4 is 70.1 Å². The molecule has 3 amide bonds. The Balaban J connectivity index is 1.50. The molecule has 1 aliphatic heterocycles. The minimum Gasteiger partial charge on any atom is -0.447 e. The van der Waals surface area contributed by atoms with Crippen molar-refractivity contribution in [3.8, 4) is 0 Å². The number of anilines is 3. The molecule has 2 unspecified atom stereocenters. The molecule has 1 aliphatic rings. The number of methoxy groups -OCH3 is 1. The molecule has 14 heteroatoms. The molecule has 5 atom stereocenters. The number of rotatable bonds is 8. The van der Waals surface area contributed by atoms with Gasteiger partial charge in [0, 0.05) is 45.2 Å². The van der Waals surface area contributed by atoms with Crippen LogP contribution < -0.4 is 16.0 Å². The summed E-state index contributed by atoms with van der Waals surface area (Å²) in [7, 11) is 1.34. The van der Waals surface area contributed by atoms with E-state index in [0.29, 0.717) is 32.1 Å². The minimum atomic E-state index is -1.23. The number of carbonyl (C=O) groups excluding carboxylic acids is 3. The zero-order chi connectivity index (χ0) is 33.5. The van der Waals surface area contributed by atoms with Gasteiger partial charge in [-0.15, -0.1) is 0 Å². The molecule has 3 N–H and O–H groups in total. The summed E-state index contributed by atoms with van der Waals surface area (Å²) in [6.45, 7) is 6.95. The van der Waals surface area contributed by atoms with Crippen LogP contribution in [0.15, 0.2) is 54.6 Å². The Hall–Kier alpha value is -3.74. The standard InChI is InChI=1S/C32H34Cl3N3O8/c1-16-6-9-20(12-23(16)33)36-30(39)43-15-26-19(4)27(45-31(40)37-21-10-7-17(2)24(34)13-21)28(29(42-5)44-26)46-32(41)38-22-11-8-18(3)25(35)14-22/h6-14,19,26-29H,15H2,1-5H3,(H,36,39)(H,37,40)(H,38,41)/t19-,26?,27-,28?,29+/m0/s1. The Morgan fingerprint density at radius 1 is 0.696 bits per heavy atom. The summed E-state index contributed by atoms with van der Waals surface area (Å²) in [6, 6.07) is 15.0. The van der Waals surface area contributed by atoms with Gasteiger partial charge < -0.3 is 23.7 Å². The SMILES string of the molecule is CO[C@@H]1OC(COC(=O)Nc2ccc(C)c(Cl)c2)[C@H](C)[C@H](OC(=O)Nc2ccc(C)c(Cl)c2)C1OC(=O)Nc1ccc(C)c(Cl)c1. The summed E-state index contributed by atoms with van der Waals surface area (Å²) in [4.78, 5) is 38.7. The first-order valence-corrected chi connectivity index (χ1v) is 15.3. The molecule has 0 spiro atoms. The molecule has 0 saturated carbocycles. The Bertz CT molecular complexity index is 1590. The molecular formula is C32H34Cl3N3O8. The number of carbonyl (C=O) groups is 3. The van der Waals surface area contributed by atoms with Gasteiger partial charge in [0.15, 0.2) is 18.5 Å². The van der Waals surface area contributed by atoms with Crippen LogP contribution in [0.25, 0.3) is 0 Å². The molecule has 0 aromatic heterocycles. The predicted octanol–water partition coefficient (Wildman–Crippen LogP) is 8.36. The second-order valence-electron chi connectivity index (χ2n) is 10.7. The monoisotopic (exact) mass is 693 g/mol. The maximum atomic E-state index is 13.1. The summed E-state index contributed by atoms with van der Waals surface area (Å²) >= 11 is 18.6. The molecule has 3 aromatic carbocycles. The van der Waals surface area contributed by atoms with E-state index >= 15 is 0 Å². The average molecular weight is 695 g/mol. The molecule has 3 aromatic rings. The lowest BCUT2D eigenvalue weighted by Gasteiger charge is -2.43. The van der Waals surface area contributed by atoms with Crippen LogP contribution in [0.4, 0.5) is 31.4 Å². The number of nitrogens with one attached hydrogen (secondary N) is 3. The van der Waals surface area contributed by atoms with Crippen LogP contribution in [0, 0.1) is 26.7 Å². The van der Waals surface area contributed by atoms with Crippen LogP contribution in [0.2, 0.25) is 15.1 Å². The Labute approximate surface area is 281 Å². The van der Waals surface area contributed by atoms with E-state index in [9.17, 15) is 14.4 Å². The maximum absolute atomic E-state index is 13.1. The van der Waals surface area contributed by atoms with Crippen molar-refractivity contribution in [3.63, 3.8) is 0 Å². The minimum absolute atomic E-state index is 0.248. The molecule has 1 heterocycles. The van der Waals surface area contributed by atoms with Crippen molar-refractivity contribution < 1.29 is 38.1 Å². The lowest BCUT2D eigenvalue weighted by atomic mass is 9.90. The molecule has 0 radical (unpaired) electrons. The predicted molar refractivity (Wildman–Crippen MR) is 176 cm³/mol. The second kappa shape index (κ2) is 15.7. The first-order valence-electron chi connectivity index (χ1n) is 14.2. The number of amides is 3. The highest BCUT2D eigenvalue weighted by Gasteiger charge is 2.49. The van der Waals surface area contributed by atoms with Crippen LogP contribution in [-0.4, -0.2) is 56.6 Å². The lowest BCUT2D eigenvalue weighted by molar-refractivity contribution is -0.277. The third-order valence-electron chi connectivity index (χ3n) is 7.36. The smallest absolute Gasteiger partial charge is 0.412 e. The maximum Gasteiger partial charge on any atom is 0.412 e. The number of hydrogen-bond donors (Lipinski definition) is 3. The molecule has 1 fully saturated rings. The third kappa shape index (κ3) is 9.17. The summed E-state index contributed by atoms with van der Waals surface area (Å²) in [5.74, 6) is -0.660. The van der Waals surface area contributed by atoms with E-state index in [2.05, 4.69) is 16.0 Å². The summed E-state index contributed by atoms with van der Waals surface area (Å²) in [5, 5.41) is 9.24.